The number of ether oxygens (including phenoxy) is 1. The molecule has 0 saturated carbocycles. The third kappa shape index (κ3) is 4.08. The van der Waals surface area contributed by atoms with Gasteiger partial charge in [0.15, 0.2) is 0 Å². The van der Waals surface area contributed by atoms with Crippen LogP contribution in [0.4, 0.5) is 0 Å². The Morgan fingerprint density at radius 2 is 2.18 bits per heavy atom. The Kier molecular flexibility index (Phi) is 5.07. The van der Waals surface area contributed by atoms with Crippen LogP contribution in [0.15, 0.2) is 29.2 Å². The Hall–Kier alpha value is -0.950. The second kappa shape index (κ2) is 6.11. The van der Waals surface area contributed by atoms with Crippen molar-refractivity contribution in [1.29, 1.82) is 0 Å². The first-order valence-electron chi connectivity index (χ1n) is 5.18. The molecular formula is C11H17NO4S. The fraction of sp³-hybridized carbons (Fsp3) is 0.455. The third-order valence-electron chi connectivity index (χ3n) is 2.21. The summed E-state index contributed by atoms with van der Waals surface area (Å²) < 4.78 is 31.1. The number of methoxy groups -OCH3 is 1. The molecule has 1 atom stereocenters. The smallest absolute Gasteiger partial charge is 0.240 e. The molecule has 1 aromatic rings. The molecule has 0 bridgehead atoms. The largest absolute Gasteiger partial charge is 0.395 e. The lowest BCUT2D eigenvalue weighted by Crippen LogP contribution is -2.40. The first-order chi connectivity index (χ1) is 7.99. The molecule has 17 heavy (non-hydrogen) atoms. The summed E-state index contributed by atoms with van der Waals surface area (Å²) >= 11 is 0. The highest BCUT2D eigenvalue weighted by molar-refractivity contribution is 7.89. The summed E-state index contributed by atoms with van der Waals surface area (Å²) in [7, 11) is -2.16. The summed E-state index contributed by atoms with van der Waals surface area (Å²) in [6, 6.07) is 5.94. The molecule has 6 heteroatoms. The van der Waals surface area contributed by atoms with Crippen LogP contribution in [0.1, 0.15) is 5.56 Å². The van der Waals surface area contributed by atoms with Crippen LogP contribution in [0.25, 0.3) is 0 Å². The molecule has 1 aromatic carbocycles. The highest BCUT2D eigenvalue weighted by Gasteiger charge is 2.19. The minimum Gasteiger partial charge on any atom is -0.395 e. The van der Waals surface area contributed by atoms with Crippen LogP contribution < -0.4 is 4.72 Å². The quantitative estimate of drug-likeness (QED) is 0.769. The molecule has 1 rings (SSSR count). The molecule has 0 fully saturated rings. The van der Waals surface area contributed by atoms with E-state index in [0.29, 0.717) is 0 Å². The number of aliphatic hydroxyl groups excluding tert-OH is 1. The fourth-order valence-corrected chi connectivity index (χ4v) is 2.71. The summed E-state index contributed by atoms with van der Waals surface area (Å²) in [5.41, 5.74) is 0.861. The molecule has 0 aromatic heterocycles. The van der Waals surface area contributed by atoms with E-state index in [-0.39, 0.29) is 18.1 Å². The number of aliphatic hydroxyl groups is 1. The normalized spacial score (nSPS) is 13.6. The van der Waals surface area contributed by atoms with Crippen molar-refractivity contribution in [2.24, 2.45) is 0 Å². The number of hydrogen-bond donors (Lipinski definition) is 2. The molecule has 0 aliphatic heterocycles. The van der Waals surface area contributed by atoms with Crippen LogP contribution in [-0.4, -0.2) is 39.9 Å². The number of aryl methyl sites for hydroxylation is 1. The van der Waals surface area contributed by atoms with Gasteiger partial charge in [0, 0.05) is 7.11 Å². The summed E-state index contributed by atoms with van der Waals surface area (Å²) in [4.78, 5) is 0.187. The van der Waals surface area contributed by atoms with E-state index in [2.05, 4.69) is 4.72 Å². The molecule has 0 aliphatic rings. The van der Waals surface area contributed by atoms with Gasteiger partial charge in [-0.15, -0.1) is 0 Å². The third-order valence-corrected chi connectivity index (χ3v) is 3.73. The number of nitrogens with one attached hydrogen (secondary N) is 1. The fourth-order valence-electron chi connectivity index (χ4n) is 1.40. The highest BCUT2D eigenvalue weighted by atomic mass is 32.2. The maximum Gasteiger partial charge on any atom is 0.240 e. The lowest BCUT2D eigenvalue weighted by atomic mass is 10.2. The van der Waals surface area contributed by atoms with Gasteiger partial charge in [-0.05, 0) is 24.6 Å². The van der Waals surface area contributed by atoms with E-state index in [1.165, 1.54) is 13.2 Å². The number of hydrogen-bond acceptors (Lipinski definition) is 4. The molecule has 0 amide bonds. The van der Waals surface area contributed by atoms with Gasteiger partial charge in [0.25, 0.3) is 0 Å². The maximum atomic E-state index is 12.0. The zero-order valence-corrected chi connectivity index (χ0v) is 10.7. The van der Waals surface area contributed by atoms with Crippen molar-refractivity contribution >= 4 is 10.0 Å². The lowest BCUT2D eigenvalue weighted by Gasteiger charge is -2.15. The van der Waals surface area contributed by atoms with Crippen molar-refractivity contribution in [3.63, 3.8) is 0 Å². The molecule has 1 unspecified atom stereocenters. The van der Waals surface area contributed by atoms with Crippen molar-refractivity contribution < 1.29 is 18.3 Å². The Labute approximate surface area is 101 Å². The highest BCUT2D eigenvalue weighted by Crippen LogP contribution is 2.11. The molecule has 96 valence electrons. The van der Waals surface area contributed by atoms with Crippen molar-refractivity contribution in [2.75, 3.05) is 20.3 Å². The first kappa shape index (κ1) is 14.1. The molecule has 0 aliphatic carbocycles. The van der Waals surface area contributed by atoms with Gasteiger partial charge in [0.05, 0.1) is 24.2 Å². The Morgan fingerprint density at radius 3 is 2.71 bits per heavy atom. The van der Waals surface area contributed by atoms with Crippen LogP contribution in [0.2, 0.25) is 0 Å². The monoisotopic (exact) mass is 259 g/mol. The van der Waals surface area contributed by atoms with Crippen LogP contribution in [-0.2, 0) is 14.8 Å². The summed E-state index contributed by atoms with van der Waals surface area (Å²) in [5.74, 6) is 0. The SMILES string of the molecule is COCC(CO)NS(=O)(=O)c1cccc(C)c1. The van der Waals surface area contributed by atoms with Gasteiger partial charge in [-0.25, -0.2) is 13.1 Å². The average Bonchev–Trinajstić information content (AvgIpc) is 2.28. The van der Waals surface area contributed by atoms with E-state index in [4.69, 9.17) is 9.84 Å². The molecule has 5 nitrogen and oxygen atoms in total. The minimum absolute atomic E-state index is 0.127. The average molecular weight is 259 g/mol. The van der Waals surface area contributed by atoms with Crippen molar-refractivity contribution in [2.45, 2.75) is 17.9 Å². The van der Waals surface area contributed by atoms with Crippen LogP contribution in [0.5, 0.6) is 0 Å². The van der Waals surface area contributed by atoms with Gasteiger partial charge in [-0.2, -0.15) is 0 Å². The van der Waals surface area contributed by atoms with Gasteiger partial charge in [0.2, 0.25) is 10.0 Å². The van der Waals surface area contributed by atoms with E-state index >= 15 is 0 Å². The topological polar surface area (TPSA) is 75.6 Å². The van der Waals surface area contributed by atoms with E-state index in [0.717, 1.165) is 5.56 Å². The summed E-state index contributed by atoms with van der Waals surface area (Å²) in [6.07, 6.45) is 0. The predicted octanol–water partition coefficient (Wildman–Crippen LogP) is 0.281. The van der Waals surface area contributed by atoms with Gasteiger partial charge in [0.1, 0.15) is 0 Å². The van der Waals surface area contributed by atoms with Gasteiger partial charge < -0.3 is 9.84 Å². The molecule has 0 radical (unpaired) electrons. The summed E-state index contributed by atoms with van der Waals surface area (Å²) in [5, 5.41) is 9.02. The summed E-state index contributed by atoms with van der Waals surface area (Å²) in [6.45, 7) is 1.64. The zero-order chi connectivity index (χ0) is 12.9. The molecule has 0 heterocycles. The van der Waals surface area contributed by atoms with E-state index < -0.39 is 16.1 Å². The second-order valence-corrected chi connectivity index (χ2v) is 5.49. The van der Waals surface area contributed by atoms with Gasteiger partial charge in [-0.1, -0.05) is 12.1 Å². The molecule has 0 spiro atoms. The van der Waals surface area contributed by atoms with Crippen molar-refractivity contribution in [3.05, 3.63) is 29.8 Å². The minimum atomic E-state index is -3.61. The van der Waals surface area contributed by atoms with Crippen LogP contribution >= 0.6 is 0 Å². The van der Waals surface area contributed by atoms with Crippen molar-refractivity contribution in [3.8, 4) is 0 Å². The van der Waals surface area contributed by atoms with E-state index in [1.54, 1.807) is 12.1 Å². The molecular weight excluding hydrogens is 242 g/mol. The van der Waals surface area contributed by atoms with Crippen molar-refractivity contribution in [1.82, 2.24) is 4.72 Å². The number of benzene rings is 1. The van der Waals surface area contributed by atoms with Crippen LogP contribution in [0.3, 0.4) is 0 Å². The van der Waals surface area contributed by atoms with Gasteiger partial charge in [-0.3, -0.25) is 0 Å². The number of sulfonamides is 1. The first-order valence-corrected chi connectivity index (χ1v) is 6.66. The maximum absolute atomic E-state index is 12.0. The second-order valence-electron chi connectivity index (χ2n) is 3.77. The molecule has 0 saturated heterocycles. The zero-order valence-electron chi connectivity index (χ0n) is 9.88. The predicted molar refractivity (Wildman–Crippen MR) is 64.3 cm³/mol. The Balaban J connectivity index is 2.88. The van der Waals surface area contributed by atoms with Crippen LogP contribution in [0, 0.1) is 6.92 Å². The molecule has 2 N–H and O–H groups in total. The Morgan fingerprint density at radius 1 is 1.47 bits per heavy atom. The lowest BCUT2D eigenvalue weighted by molar-refractivity contribution is 0.139. The van der Waals surface area contributed by atoms with E-state index in [1.807, 2.05) is 13.0 Å². The number of rotatable bonds is 6. The van der Waals surface area contributed by atoms with E-state index in [9.17, 15) is 8.42 Å². The van der Waals surface area contributed by atoms with Gasteiger partial charge >= 0.3 is 0 Å². The Bertz CT molecular complexity index is 458. The standard InChI is InChI=1S/C11H17NO4S/c1-9-4-3-5-11(6-9)17(14,15)12-10(7-13)8-16-2/h3-6,10,12-13H,7-8H2,1-2H3.